The minimum Gasteiger partial charge on any atom is -0.355 e. The first kappa shape index (κ1) is 13.4. The summed E-state index contributed by atoms with van der Waals surface area (Å²) in [5, 5.41) is 2.96. The molecule has 0 bridgehead atoms. The zero-order valence-electron chi connectivity index (χ0n) is 9.89. The molecule has 0 aromatic rings. The van der Waals surface area contributed by atoms with Gasteiger partial charge < -0.3 is 11.1 Å². The number of carbonyl (C=O) groups excluding carboxylic acids is 1. The van der Waals surface area contributed by atoms with Gasteiger partial charge >= 0.3 is 0 Å². The fourth-order valence-electron chi connectivity index (χ4n) is 1.15. The van der Waals surface area contributed by atoms with E-state index in [4.69, 9.17) is 5.73 Å². The molecule has 3 N–H and O–H groups in total. The largest absolute Gasteiger partial charge is 0.355 e. The maximum Gasteiger partial charge on any atom is 0.226 e. The van der Waals surface area contributed by atoms with Crippen molar-refractivity contribution in [2.45, 2.75) is 40.5 Å². The Balaban J connectivity index is 3.95. The molecule has 3 heteroatoms. The van der Waals surface area contributed by atoms with E-state index in [1.165, 1.54) is 0 Å². The third-order valence-corrected chi connectivity index (χ3v) is 2.83. The first-order valence-electron chi connectivity index (χ1n) is 5.46. The van der Waals surface area contributed by atoms with Gasteiger partial charge in [0.1, 0.15) is 0 Å². The number of hydrogen-bond acceptors (Lipinski definition) is 2. The molecule has 1 amide bonds. The van der Waals surface area contributed by atoms with Gasteiger partial charge in [-0.3, -0.25) is 4.79 Å². The van der Waals surface area contributed by atoms with Crippen LogP contribution in [-0.4, -0.2) is 19.0 Å². The number of nitrogens with one attached hydrogen (secondary N) is 1. The van der Waals surface area contributed by atoms with Gasteiger partial charge in [-0.05, 0) is 19.8 Å². The minimum absolute atomic E-state index is 0.0619. The van der Waals surface area contributed by atoms with Crippen molar-refractivity contribution in [3.63, 3.8) is 0 Å². The van der Waals surface area contributed by atoms with Crippen molar-refractivity contribution in [2.75, 3.05) is 13.1 Å². The van der Waals surface area contributed by atoms with Crippen LogP contribution in [0.2, 0.25) is 0 Å². The van der Waals surface area contributed by atoms with Crippen molar-refractivity contribution in [2.24, 2.45) is 17.1 Å². The SMILES string of the molecule is CCC(CC)CNC(=O)C(C)(C)CN. The van der Waals surface area contributed by atoms with E-state index in [2.05, 4.69) is 19.2 Å². The van der Waals surface area contributed by atoms with Crippen molar-refractivity contribution >= 4 is 5.91 Å². The van der Waals surface area contributed by atoms with E-state index in [1.807, 2.05) is 13.8 Å². The summed E-state index contributed by atoms with van der Waals surface area (Å²) >= 11 is 0. The number of rotatable bonds is 6. The molecule has 0 aromatic carbocycles. The van der Waals surface area contributed by atoms with Crippen molar-refractivity contribution in [3.05, 3.63) is 0 Å². The second-order valence-corrected chi connectivity index (χ2v) is 4.48. The predicted octanol–water partition coefficient (Wildman–Crippen LogP) is 1.52. The molecule has 0 unspecified atom stereocenters. The highest BCUT2D eigenvalue weighted by atomic mass is 16.2. The summed E-state index contributed by atoms with van der Waals surface area (Å²) in [6.07, 6.45) is 2.22. The Hall–Kier alpha value is -0.570. The highest BCUT2D eigenvalue weighted by molar-refractivity contribution is 5.81. The third-order valence-electron chi connectivity index (χ3n) is 2.83. The zero-order valence-corrected chi connectivity index (χ0v) is 9.89. The molecular formula is C11H24N2O. The smallest absolute Gasteiger partial charge is 0.226 e. The molecule has 3 nitrogen and oxygen atoms in total. The average Bonchev–Trinajstić information content (AvgIpc) is 2.19. The van der Waals surface area contributed by atoms with Crippen LogP contribution in [0.3, 0.4) is 0 Å². The van der Waals surface area contributed by atoms with Crippen molar-refractivity contribution in [3.8, 4) is 0 Å². The third kappa shape index (κ3) is 4.09. The van der Waals surface area contributed by atoms with Gasteiger partial charge in [0.25, 0.3) is 0 Å². The van der Waals surface area contributed by atoms with Crippen LogP contribution in [0.25, 0.3) is 0 Å². The van der Waals surface area contributed by atoms with Crippen LogP contribution in [0.1, 0.15) is 40.5 Å². The molecule has 0 aliphatic carbocycles. The normalized spacial score (nSPS) is 11.9. The highest BCUT2D eigenvalue weighted by Crippen LogP contribution is 2.13. The first-order valence-corrected chi connectivity index (χ1v) is 5.46. The predicted molar refractivity (Wildman–Crippen MR) is 59.9 cm³/mol. The summed E-state index contributed by atoms with van der Waals surface area (Å²) in [4.78, 5) is 11.6. The lowest BCUT2D eigenvalue weighted by Gasteiger charge is -2.23. The topological polar surface area (TPSA) is 55.1 Å². The Bertz CT molecular complexity index is 174. The first-order chi connectivity index (χ1) is 6.47. The molecule has 0 spiro atoms. The molecular weight excluding hydrogens is 176 g/mol. The molecule has 0 aromatic heterocycles. The Kier molecular flexibility index (Phi) is 5.77. The Morgan fingerprint density at radius 1 is 1.36 bits per heavy atom. The maximum absolute atomic E-state index is 11.6. The van der Waals surface area contributed by atoms with Crippen LogP contribution in [0.5, 0.6) is 0 Å². The molecule has 0 aliphatic heterocycles. The summed E-state index contributed by atoms with van der Waals surface area (Å²) < 4.78 is 0. The Morgan fingerprint density at radius 2 is 1.86 bits per heavy atom. The van der Waals surface area contributed by atoms with E-state index in [-0.39, 0.29) is 5.91 Å². The molecule has 0 fully saturated rings. The van der Waals surface area contributed by atoms with E-state index >= 15 is 0 Å². The van der Waals surface area contributed by atoms with Gasteiger partial charge in [-0.25, -0.2) is 0 Å². The lowest BCUT2D eigenvalue weighted by molar-refractivity contribution is -0.129. The summed E-state index contributed by atoms with van der Waals surface area (Å²) in [5.74, 6) is 0.652. The van der Waals surface area contributed by atoms with Crippen LogP contribution in [0.15, 0.2) is 0 Å². The summed E-state index contributed by atoms with van der Waals surface area (Å²) in [6.45, 7) is 9.20. The lowest BCUT2D eigenvalue weighted by atomic mass is 9.92. The van der Waals surface area contributed by atoms with Gasteiger partial charge in [0.15, 0.2) is 0 Å². The van der Waals surface area contributed by atoms with Crippen molar-refractivity contribution in [1.82, 2.24) is 5.32 Å². The molecule has 0 aliphatic rings. The van der Waals surface area contributed by atoms with Gasteiger partial charge in [-0.15, -0.1) is 0 Å². The maximum atomic E-state index is 11.6. The van der Waals surface area contributed by atoms with Gasteiger partial charge in [0.2, 0.25) is 5.91 Å². The fourth-order valence-corrected chi connectivity index (χ4v) is 1.15. The van der Waals surface area contributed by atoms with Crippen LogP contribution in [0, 0.1) is 11.3 Å². The average molecular weight is 200 g/mol. The number of hydrogen-bond donors (Lipinski definition) is 2. The molecule has 0 heterocycles. The quantitative estimate of drug-likeness (QED) is 0.683. The number of amides is 1. The molecule has 0 radical (unpaired) electrons. The molecule has 14 heavy (non-hydrogen) atoms. The molecule has 0 atom stereocenters. The Labute approximate surface area is 87.4 Å². The van der Waals surface area contributed by atoms with E-state index in [0.717, 1.165) is 19.4 Å². The van der Waals surface area contributed by atoms with Crippen LogP contribution < -0.4 is 11.1 Å². The number of carbonyl (C=O) groups is 1. The number of nitrogens with two attached hydrogens (primary N) is 1. The molecule has 0 saturated heterocycles. The lowest BCUT2D eigenvalue weighted by Crippen LogP contribution is -2.43. The van der Waals surface area contributed by atoms with Crippen molar-refractivity contribution in [1.29, 1.82) is 0 Å². The van der Waals surface area contributed by atoms with Gasteiger partial charge in [-0.2, -0.15) is 0 Å². The van der Waals surface area contributed by atoms with Crippen LogP contribution in [0.4, 0.5) is 0 Å². The highest BCUT2D eigenvalue weighted by Gasteiger charge is 2.25. The van der Waals surface area contributed by atoms with Crippen LogP contribution in [-0.2, 0) is 4.79 Å². The minimum atomic E-state index is -0.438. The summed E-state index contributed by atoms with van der Waals surface area (Å²) in [5.41, 5.74) is 5.08. The zero-order chi connectivity index (χ0) is 11.2. The molecule has 84 valence electrons. The van der Waals surface area contributed by atoms with E-state index in [1.54, 1.807) is 0 Å². The van der Waals surface area contributed by atoms with Gasteiger partial charge in [0.05, 0.1) is 5.41 Å². The van der Waals surface area contributed by atoms with E-state index < -0.39 is 5.41 Å². The summed E-state index contributed by atoms with van der Waals surface area (Å²) in [7, 11) is 0. The fraction of sp³-hybridized carbons (Fsp3) is 0.909. The second kappa shape index (κ2) is 6.02. The van der Waals surface area contributed by atoms with E-state index in [0.29, 0.717) is 12.5 Å². The van der Waals surface area contributed by atoms with Gasteiger partial charge in [0, 0.05) is 13.1 Å². The Morgan fingerprint density at radius 3 is 2.21 bits per heavy atom. The summed E-state index contributed by atoms with van der Waals surface area (Å²) in [6, 6.07) is 0. The molecule has 0 saturated carbocycles. The monoisotopic (exact) mass is 200 g/mol. The van der Waals surface area contributed by atoms with E-state index in [9.17, 15) is 4.79 Å². The standard InChI is InChI=1S/C11H24N2O/c1-5-9(6-2)7-13-10(14)11(3,4)8-12/h9H,5-8,12H2,1-4H3,(H,13,14). The second-order valence-electron chi connectivity index (χ2n) is 4.48. The van der Waals surface area contributed by atoms with Gasteiger partial charge in [-0.1, -0.05) is 26.7 Å². The van der Waals surface area contributed by atoms with Crippen molar-refractivity contribution < 1.29 is 4.79 Å². The van der Waals surface area contributed by atoms with Crippen LogP contribution >= 0.6 is 0 Å². The molecule has 0 rings (SSSR count).